The Labute approximate surface area is 94.9 Å². The maximum atomic E-state index is 9.00. The third kappa shape index (κ3) is 2.06. The first-order valence-corrected chi connectivity index (χ1v) is 6.56. The van der Waals surface area contributed by atoms with Crippen molar-refractivity contribution in [2.24, 2.45) is 0 Å². The second-order valence-corrected chi connectivity index (χ2v) is 5.32. The largest absolute Gasteiger partial charge is 0.396 e. The van der Waals surface area contributed by atoms with Crippen LogP contribution in [0.2, 0.25) is 0 Å². The lowest BCUT2D eigenvalue weighted by molar-refractivity contribution is 0.299. The first-order valence-electron chi connectivity index (χ1n) is 5.51. The van der Waals surface area contributed by atoms with Gasteiger partial charge >= 0.3 is 0 Å². The highest BCUT2D eigenvalue weighted by Gasteiger charge is 2.22. The zero-order valence-electron chi connectivity index (χ0n) is 9.36. The van der Waals surface area contributed by atoms with Crippen LogP contribution in [0, 0.1) is 13.8 Å². The number of aliphatic hydroxyl groups is 1. The van der Waals surface area contributed by atoms with E-state index in [1.54, 1.807) is 0 Å². The summed E-state index contributed by atoms with van der Waals surface area (Å²) in [5, 5.41) is 14.1. The number of rotatable bonds is 3. The van der Waals surface area contributed by atoms with Gasteiger partial charge < -0.3 is 5.11 Å². The molecule has 0 saturated carbocycles. The predicted octanol–water partition coefficient (Wildman–Crippen LogP) is 2.06. The van der Waals surface area contributed by atoms with E-state index in [4.69, 9.17) is 5.11 Å². The predicted molar refractivity (Wildman–Crippen MR) is 63.2 cm³/mol. The highest BCUT2D eigenvalue weighted by atomic mass is 32.2. The van der Waals surface area contributed by atoms with Crippen LogP contribution in [0.4, 0.5) is 0 Å². The Morgan fingerprint density at radius 2 is 2.33 bits per heavy atom. The van der Waals surface area contributed by atoms with Gasteiger partial charge in [-0.05, 0) is 44.4 Å². The summed E-state index contributed by atoms with van der Waals surface area (Å²) in [6, 6.07) is 0. The summed E-state index contributed by atoms with van der Waals surface area (Å²) in [6.07, 6.45) is 3.25. The van der Waals surface area contributed by atoms with E-state index < -0.39 is 0 Å². The molecule has 1 aliphatic rings. The highest BCUT2D eigenvalue weighted by Crippen LogP contribution is 2.36. The summed E-state index contributed by atoms with van der Waals surface area (Å²) >= 11 is 1.99. The van der Waals surface area contributed by atoms with Crippen LogP contribution in [0.15, 0.2) is 0 Å². The quantitative estimate of drug-likeness (QED) is 0.857. The van der Waals surface area contributed by atoms with Crippen molar-refractivity contribution in [2.75, 3.05) is 12.4 Å². The summed E-state index contributed by atoms with van der Waals surface area (Å²) in [5.41, 5.74) is 3.54. The molecule has 1 aromatic rings. The van der Waals surface area contributed by atoms with Crippen molar-refractivity contribution in [2.45, 2.75) is 38.5 Å². The van der Waals surface area contributed by atoms with E-state index in [9.17, 15) is 0 Å². The van der Waals surface area contributed by atoms with Crippen molar-refractivity contribution in [1.29, 1.82) is 0 Å². The van der Waals surface area contributed by atoms with Crippen molar-refractivity contribution < 1.29 is 5.11 Å². The molecule has 2 rings (SSSR count). The van der Waals surface area contributed by atoms with Gasteiger partial charge in [0.25, 0.3) is 0 Å². The molecule has 0 aromatic carbocycles. The van der Waals surface area contributed by atoms with E-state index >= 15 is 0 Å². The summed E-state index contributed by atoms with van der Waals surface area (Å²) in [6.45, 7) is 4.36. The summed E-state index contributed by atoms with van der Waals surface area (Å²) in [7, 11) is 0. The number of aliphatic hydroxyl groups excluding tert-OH is 1. The summed E-state index contributed by atoms with van der Waals surface area (Å²) in [5.74, 6) is 1.25. The minimum atomic E-state index is 0.213. The molecule has 0 bridgehead atoms. The fourth-order valence-corrected chi connectivity index (χ4v) is 3.49. The maximum Gasteiger partial charge on any atom is 0.0974 e. The minimum Gasteiger partial charge on any atom is -0.396 e. The van der Waals surface area contributed by atoms with Gasteiger partial charge in [-0.25, -0.2) is 0 Å². The van der Waals surface area contributed by atoms with E-state index in [1.165, 1.54) is 29.9 Å². The zero-order valence-corrected chi connectivity index (χ0v) is 10.2. The van der Waals surface area contributed by atoms with Crippen LogP contribution in [-0.4, -0.2) is 27.2 Å². The molecule has 4 heteroatoms. The van der Waals surface area contributed by atoms with Crippen LogP contribution in [0.25, 0.3) is 0 Å². The van der Waals surface area contributed by atoms with Gasteiger partial charge in [-0.15, -0.1) is 11.8 Å². The third-order valence-electron chi connectivity index (χ3n) is 3.02. The molecule has 0 aliphatic carbocycles. The third-order valence-corrected chi connectivity index (χ3v) is 4.36. The zero-order chi connectivity index (χ0) is 10.8. The van der Waals surface area contributed by atoms with Crippen LogP contribution in [0.3, 0.4) is 0 Å². The molecule has 3 nitrogen and oxygen atoms in total. The Kier molecular flexibility index (Phi) is 3.36. The lowest BCUT2D eigenvalue weighted by Gasteiger charge is -2.11. The van der Waals surface area contributed by atoms with Gasteiger partial charge in [-0.2, -0.15) is 5.10 Å². The Morgan fingerprint density at radius 3 is 2.93 bits per heavy atom. The van der Waals surface area contributed by atoms with Gasteiger partial charge in [0.2, 0.25) is 0 Å². The number of aryl methyl sites for hydroxylation is 1. The van der Waals surface area contributed by atoms with Gasteiger partial charge in [-0.1, -0.05) is 0 Å². The molecule has 1 aromatic heterocycles. The average Bonchev–Trinajstić information content (AvgIpc) is 2.81. The molecule has 0 spiro atoms. The van der Waals surface area contributed by atoms with Crippen molar-refractivity contribution in [3.05, 3.63) is 17.0 Å². The van der Waals surface area contributed by atoms with Crippen LogP contribution in [-0.2, 0) is 6.42 Å². The van der Waals surface area contributed by atoms with Gasteiger partial charge in [0, 0.05) is 12.3 Å². The molecule has 1 fully saturated rings. The van der Waals surface area contributed by atoms with Crippen molar-refractivity contribution in [1.82, 2.24) is 9.78 Å². The fourth-order valence-electron chi connectivity index (χ4n) is 2.20. The van der Waals surface area contributed by atoms with Crippen LogP contribution in [0.1, 0.15) is 35.2 Å². The van der Waals surface area contributed by atoms with Gasteiger partial charge in [-0.3, -0.25) is 4.68 Å². The minimum absolute atomic E-state index is 0.213. The molecule has 1 N–H and O–H groups in total. The molecule has 1 saturated heterocycles. The van der Waals surface area contributed by atoms with E-state index in [2.05, 4.69) is 16.7 Å². The second-order valence-electron chi connectivity index (χ2n) is 4.04. The average molecular weight is 226 g/mol. The number of nitrogens with zero attached hydrogens (tertiary/aromatic N) is 2. The van der Waals surface area contributed by atoms with Crippen LogP contribution >= 0.6 is 11.8 Å². The Bertz CT molecular complexity index is 343. The molecule has 1 atom stereocenters. The topological polar surface area (TPSA) is 38.0 Å². The molecule has 0 amide bonds. The van der Waals surface area contributed by atoms with Crippen LogP contribution in [0.5, 0.6) is 0 Å². The van der Waals surface area contributed by atoms with Crippen molar-refractivity contribution >= 4 is 11.8 Å². The lowest BCUT2D eigenvalue weighted by atomic mass is 10.1. The van der Waals surface area contributed by atoms with E-state index in [-0.39, 0.29) is 6.61 Å². The summed E-state index contributed by atoms with van der Waals surface area (Å²) in [4.78, 5) is 0. The normalized spacial score (nSPS) is 21.1. The van der Waals surface area contributed by atoms with Crippen molar-refractivity contribution in [3.63, 3.8) is 0 Å². The smallest absolute Gasteiger partial charge is 0.0974 e. The fraction of sp³-hybridized carbons (Fsp3) is 0.727. The number of hydrogen-bond donors (Lipinski definition) is 1. The number of thioether (sulfide) groups is 1. The van der Waals surface area contributed by atoms with Gasteiger partial charge in [0.15, 0.2) is 0 Å². The van der Waals surface area contributed by atoms with Gasteiger partial charge in [0.05, 0.1) is 11.1 Å². The number of hydrogen-bond acceptors (Lipinski definition) is 3. The maximum absolute atomic E-state index is 9.00. The molecule has 15 heavy (non-hydrogen) atoms. The van der Waals surface area contributed by atoms with Gasteiger partial charge in [0.1, 0.15) is 0 Å². The molecule has 0 radical (unpaired) electrons. The van der Waals surface area contributed by atoms with Crippen LogP contribution < -0.4 is 0 Å². The molecule has 1 aliphatic heterocycles. The van der Waals surface area contributed by atoms with Crippen molar-refractivity contribution in [3.8, 4) is 0 Å². The molecule has 2 heterocycles. The Morgan fingerprint density at radius 1 is 1.53 bits per heavy atom. The number of aromatic nitrogens is 2. The molecular weight excluding hydrogens is 208 g/mol. The Hall–Kier alpha value is -0.480. The summed E-state index contributed by atoms with van der Waals surface area (Å²) < 4.78 is 2.15. The van der Waals surface area contributed by atoms with E-state index in [0.717, 1.165) is 12.1 Å². The Balaban J connectivity index is 2.27. The lowest BCUT2D eigenvalue weighted by Crippen LogP contribution is -2.06. The van der Waals surface area contributed by atoms with E-state index in [0.29, 0.717) is 5.37 Å². The SMILES string of the molecule is Cc1nn(C2CCCS2)c(C)c1CCO. The van der Waals surface area contributed by atoms with E-state index in [1.807, 2.05) is 18.7 Å². The second kappa shape index (κ2) is 4.58. The highest BCUT2D eigenvalue weighted by molar-refractivity contribution is 7.99. The first kappa shape index (κ1) is 11.0. The molecule has 1 unspecified atom stereocenters. The first-order chi connectivity index (χ1) is 7.24. The standard InChI is InChI=1S/C11H18N2OS/c1-8-10(5-6-14)9(2)13(12-8)11-4-3-7-15-11/h11,14H,3-7H2,1-2H3. The molecule has 84 valence electrons. The monoisotopic (exact) mass is 226 g/mol. The molecular formula is C11H18N2OS.